The lowest BCUT2D eigenvalue weighted by Gasteiger charge is -2.30. The van der Waals surface area contributed by atoms with Gasteiger partial charge in [-0.3, -0.25) is 4.98 Å². The minimum Gasteiger partial charge on any atom is -0.252 e. The molecule has 0 aliphatic heterocycles. The molecule has 2 heterocycles. The molecule has 0 saturated carbocycles. The predicted octanol–water partition coefficient (Wildman–Crippen LogP) is 4.50. The molecule has 0 amide bonds. The highest BCUT2D eigenvalue weighted by atomic mass is 32.1. The molecule has 0 radical (unpaired) electrons. The maximum Gasteiger partial charge on any atom is 0.108 e. The molecule has 0 spiro atoms. The average Bonchev–Trinajstić information content (AvgIpc) is 2.78. The molecule has 0 saturated heterocycles. The number of hydrogen-bond donors (Lipinski definition) is 0. The van der Waals surface area contributed by atoms with Gasteiger partial charge in [0.2, 0.25) is 0 Å². The van der Waals surface area contributed by atoms with Gasteiger partial charge in [0.15, 0.2) is 0 Å². The fourth-order valence-electron chi connectivity index (χ4n) is 2.53. The van der Waals surface area contributed by atoms with Crippen molar-refractivity contribution in [3.63, 3.8) is 0 Å². The van der Waals surface area contributed by atoms with E-state index in [2.05, 4.69) is 63.6 Å². The van der Waals surface area contributed by atoms with Crippen LogP contribution in [0.4, 0.5) is 0 Å². The highest BCUT2D eigenvalue weighted by Crippen LogP contribution is 2.37. The van der Waals surface area contributed by atoms with Gasteiger partial charge in [0.25, 0.3) is 0 Å². The van der Waals surface area contributed by atoms with Gasteiger partial charge in [0.05, 0.1) is 16.1 Å². The number of thiazole rings is 1. The first-order valence-corrected chi connectivity index (χ1v) is 7.77. The molecule has 0 N–H and O–H groups in total. The Hall–Kier alpha value is -1.29. The Morgan fingerprint density at radius 2 is 1.60 bits per heavy atom. The molecule has 20 heavy (non-hydrogen) atoms. The molecular formula is C16H23N3S. The van der Waals surface area contributed by atoms with Crippen LogP contribution in [-0.4, -0.2) is 15.2 Å². The van der Waals surface area contributed by atoms with Gasteiger partial charge >= 0.3 is 0 Å². The van der Waals surface area contributed by atoms with Crippen LogP contribution >= 0.6 is 11.3 Å². The molecule has 0 aliphatic rings. The second kappa shape index (κ2) is 4.92. The molecule has 3 nitrogen and oxygen atoms in total. The van der Waals surface area contributed by atoms with Crippen molar-refractivity contribution in [1.82, 2.24) is 15.2 Å². The highest BCUT2D eigenvalue weighted by Gasteiger charge is 2.30. The van der Waals surface area contributed by atoms with Crippen molar-refractivity contribution in [2.24, 2.45) is 0 Å². The summed E-state index contributed by atoms with van der Waals surface area (Å²) in [6.07, 6.45) is 1.87. The summed E-state index contributed by atoms with van der Waals surface area (Å²) >= 11 is 1.61. The summed E-state index contributed by atoms with van der Waals surface area (Å²) in [5.74, 6) is 0. The lowest BCUT2D eigenvalue weighted by Crippen LogP contribution is -2.26. The van der Waals surface area contributed by atoms with Crippen LogP contribution in [-0.2, 0) is 10.8 Å². The van der Waals surface area contributed by atoms with Gasteiger partial charge in [0.1, 0.15) is 5.69 Å². The monoisotopic (exact) mass is 289 g/mol. The zero-order valence-corrected chi connectivity index (χ0v) is 14.2. The Bertz CT molecular complexity index is 602. The van der Waals surface area contributed by atoms with Crippen LogP contribution in [0, 0.1) is 6.92 Å². The second-order valence-electron chi connectivity index (χ2n) is 7.26. The molecule has 0 unspecified atom stereocenters. The van der Waals surface area contributed by atoms with E-state index < -0.39 is 0 Å². The maximum absolute atomic E-state index is 4.56. The van der Waals surface area contributed by atoms with E-state index in [1.165, 1.54) is 11.1 Å². The van der Waals surface area contributed by atoms with Crippen molar-refractivity contribution in [3.05, 3.63) is 28.5 Å². The van der Waals surface area contributed by atoms with E-state index in [9.17, 15) is 0 Å². The van der Waals surface area contributed by atoms with Gasteiger partial charge in [-0.1, -0.05) is 41.5 Å². The largest absolute Gasteiger partial charge is 0.252 e. The van der Waals surface area contributed by atoms with Crippen molar-refractivity contribution in [2.75, 3.05) is 0 Å². The Morgan fingerprint density at radius 1 is 0.950 bits per heavy atom. The molecule has 0 bridgehead atoms. The van der Waals surface area contributed by atoms with Crippen LogP contribution in [0.2, 0.25) is 0 Å². The first-order chi connectivity index (χ1) is 9.12. The van der Waals surface area contributed by atoms with Crippen molar-refractivity contribution in [3.8, 4) is 10.6 Å². The number of aromatic nitrogens is 3. The van der Waals surface area contributed by atoms with Crippen molar-refractivity contribution in [1.29, 1.82) is 0 Å². The van der Waals surface area contributed by atoms with E-state index in [0.29, 0.717) is 0 Å². The standard InChI is InChI=1S/C16H23N3S/c1-10-12(15(2,3)4)14(16(5,6)7)19-18-13(10)11-8-17-9-20-11/h8-9H,1-7H3. The van der Waals surface area contributed by atoms with Crippen molar-refractivity contribution >= 4 is 11.3 Å². The zero-order chi connectivity index (χ0) is 15.1. The fourth-order valence-corrected chi connectivity index (χ4v) is 3.19. The Morgan fingerprint density at radius 3 is 2.05 bits per heavy atom. The van der Waals surface area contributed by atoms with Crippen molar-refractivity contribution in [2.45, 2.75) is 59.3 Å². The molecule has 2 aromatic rings. The molecule has 0 atom stereocenters. The zero-order valence-electron chi connectivity index (χ0n) is 13.4. The molecule has 2 aromatic heterocycles. The van der Waals surface area contributed by atoms with E-state index in [-0.39, 0.29) is 10.8 Å². The number of hydrogen-bond acceptors (Lipinski definition) is 4. The quantitative estimate of drug-likeness (QED) is 0.775. The lowest BCUT2D eigenvalue weighted by atomic mass is 9.76. The number of rotatable bonds is 1. The Kier molecular flexibility index (Phi) is 3.71. The molecule has 108 valence electrons. The van der Waals surface area contributed by atoms with Gasteiger partial charge in [-0.2, -0.15) is 5.10 Å². The smallest absolute Gasteiger partial charge is 0.108 e. The molecule has 4 heteroatoms. The van der Waals surface area contributed by atoms with Gasteiger partial charge in [-0.05, 0) is 23.5 Å². The Balaban J connectivity index is 2.75. The van der Waals surface area contributed by atoms with Crippen LogP contribution in [0.1, 0.15) is 58.4 Å². The SMILES string of the molecule is Cc1c(-c2cncs2)nnc(C(C)(C)C)c1C(C)(C)C. The van der Waals surface area contributed by atoms with Crippen LogP contribution in [0.3, 0.4) is 0 Å². The molecule has 0 fully saturated rings. The minimum absolute atomic E-state index is 0.00734. The fraction of sp³-hybridized carbons (Fsp3) is 0.562. The third kappa shape index (κ3) is 2.75. The van der Waals surface area contributed by atoms with E-state index in [0.717, 1.165) is 16.3 Å². The van der Waals surface area contributed by atoms with Crippen LogP contribution < -0.4 is 0 Å². The van der Waals surface area contributed by atoms with Gasteiger partial charge in [-0.25, -0.2) is 0 Å². The van der Waals surface area contributed by atoms with E-state index in [4.69, 9.17) is 0 Å². The van der Waals surface area contributed by atoms with Gasteiger partial charge < -0.3 is 0 Å². The average molecular weight is 289 g/mol. The lowest BCUT2D eigenvalue weighted by molar-refractivity contribution is 0.503. The first kappa shape index (κ1) is 15.1. The highest BCUT2D eigenvalue weighted by molar-refractivity contribution is 7.13. The van der Waals surface area contributed by atoms with E-state index in [1.807, 2.05) is 11.7 Å². The third-order valence-corrected chi connectivity index (χ3v) is 4.12. The Labute approximate surface area is 125 Å². The topological polar surface area (TPSA) is 38.7 Å². The summed E-state index contributed by atoms with van der Waals surface area (Å²) in [7, 11) is 0. The summed E-state index contributed by atoms with van der Waals surface area (Å²) in [6, 6.07) is 0. The van der Waals surface area contributed by atoms with Crippen LogP contribution in [0.5, 0.6) is 0 Å². The summed E-state index contributed by atoms with van der Waals surface area (Å²) in [4.78, 5) is 5.24. The summed E-state index contributed by atoms with van der Waals surface area (Å²) in [5.41, 5.74) is 6.46. The third-order valence-electron chi connectivity index (χ3n) is 3.34. The van der Waals surface area contributed by atoms with Gasteiger partial charge in [0, 0.05) is 11.6 Å². The molecule has 2 rings (SSSR count). The maximum atomic E-state index is 4.56. The summed E-state index contributed by atoms with van der Waals surface area (Å²) < 4.78 is 0. The van der Waals surface area contributed by atoms with Crippen molar-refractivity contribution < 1.29 is 0 Å². The van der Waals surface area contributed by atoms with E-state index >= 15 is 0 Å². The normalized spacial score (nSPS) is 12.8. The molecule has 0 aromatic carbocycles. The minimum atomic E-state index is -0.00734. The molecule has 0 aliphatic carbocycles. The summed E-state index contributed by atoms with van der Waals surface area (Å²) in [5, 5.41) is 9.04. The summed E-state index contributed by atoms with van der Waals surface area (Å²) in [6.45, 7) is 15.4. The predicted molar refractivity (Wildman–Crippen MR) is 85.3 cm³/mol. The first-order valence-electron chi connectivity index (χ1n) is 6.89. The van der Waals surface area contributed by atoms with Crippen LogP contribution in [0.15, 0.2) is 11.7 Å². The van der Waals surface area contributed by atoms with E-state index in [1.54, 1.807) is 11.3 Å². The van der Waals surface area contributed by atoms with Crippen LogP contribution in [0.25, 0.3) is 10.6 Å². The molecular weight excluding hydrogens is 266 g/mol. The van der Waals surface area contributed by atoms with Gasteiger partial charge in [-0.15, -0.1) is 16.4 Å². The number of nitrogens with zero attached hydrogens (tertiary/aromatic N) is 3. The second-order valence-corrected chi connectivity index (χ2v) is 8.15.